The molecule has 4 nitrogen and oxygen atoms in total. The van der Waals surface area contributed by atoms with Gasteiger partial charge < -0.3 is 15.3 Å². The average molecular weight is 176 g/mol. The van der Waals surface area contributed by atoms with Crippen molar-refractivity contribution < 1.29 is 0 Å². The number of rotatable bonds is 3. The molecule has 4 heteroatoms. The van der Waals surface area contributed by atoms with Crippen LogP contribution in [0.2, 0.25) is 0 Å². The Kier molecular flexibility index (Phi) is 2.14. The second-order valence-electron chi connectivity index (χ2n) is 2.84. The van der Waals surface area contributed by atoms with Crippen LogP contribution in [0.5, 0.6) is 0 Å². The molecule has 13 heavy (non-hydrogen) atoms. The molecule has 0 amide bonds. The summed E-state index contributed by atoms with van der Waals surface area (Å²) in [6.07, 6.45) is 3.61. The summed E-state index contributed by atoms with van der Waals surface area (Å²) in [7, 11) is 1.92. The Labute approximate surface area is 76.4 Å². The Hall–Kier alpha value is -1.55. The van der Waals surface area contributed by atoms with Gasteiger partial charge in [0.15, 0.2) is 0 Å². The SMILES string of the molecule is CNCc1[nH]cnc1-c1ccc[nH]1. The molecule has 0 atom stereocenters. The van der Waals surface area contributed by atoms with Gasteiger partial charge in [0.25, 0.3) is 0 Å². The predicted molar refractivity (Wildman–Crippen MR) is 51.1 cm³/mol. The van der Waals surface area contributed by atoms with E-state index in [0.717, 1.165) is 23.6 Å². The molecular formula is C9H12N4. The zero-order chi connectivity index (χ0) is 9.10. The number of nitrogens with one attached hydrogen (secondary N) is 3. The molecule has 0 unspecified atom stereocenters. The molecule has 2 aromatic rings. The fraction of sp³-hybridized carbons (Fsp3) is 0.222. The lowest BCUT2D eigenvalue weighted by Crippen LogP contribution is -2.06. The van der Waals surface area contributed by atoms with Crippen molar-refractivity contribution >= 4 is 0 Å². The molecule has 0 saturated carbocycles. The van der Waals surface area contributed by atoms with Crippen LogP contribution in [-0.4, -0.2) is 22.0 Å². The van der Waals surface area contributed by atoms with Crippen molar-refractivity contribution in [2.24, 2.45) is 0 Å². The lowest BCUT2D eigenvalue weighted by molar-refractivity contribution is 0.798. The van der Waals surface area contributed by atoms with E-state index in [0.29, 0.717) is 0 Å². The van der Waals surface area contributed by atoms with Crippen LogP contribution in [0.3, 0.4) is 0 Å². The van der Waals surface area contributed by atoms with Crippen LogP contribution in [0.4, 0.5) is 0 Å². The van der Waals surface area contributed by atoms with E-state index in [9.17, 15) is 0 Å². The van der Waals surface area contributed by atoms with E-state index in [4.69, 9.17) is 0 Å². The number of hydrogen-bond donors (Lipinski definition) is 3. The Morgan fingerprint density at radius 2 is 2.38 bits per heavy atom. The second kappa shape index (κ2) is 3.45. The Bertz CT molecular complexity index is 361. The van der Waals surface area contributed by atoms with Gasteiger partial charge in [0.05, 0.1) is 17.7 Å². The first-order chi connectivity index (χ1) is 6.42. The predicted octanol–water partition coefficient (Wildman–Crippen LogP) is 1.12. The molecule has 0 bridgehead atoms. The largest absolute Gasteiger partial charge is 0.360 e. The van der Waals surface area contributed by atoms with Crippen molar-refractivity contribution in [1.82, 2.24) is 20.3 Å². The minimum atomic E-state index is 0.800. The summed E-state index contributed by atoms with van der Waals surface area (Å²) in [6, 6.07) is 3.97. The van der Waals surface area contributed by atoms with Gasteiger partial charge in [-0.25, -0.2) is 4.98 Å². The standard InChI is InChI=1S/C9H12N4/c1-10-5-8-9(13-6-12-8)7-3-2-4-11-7/h2-4,6,10-11H,5H2,1H3,(H,12,13). The van der Waals surface area contributed by atoms with Gasteiger partial charge in [0.1, 0.15) is 5.69 Å². The van der Waals surface area contributed by atoms with Crippen LogP contribution in [0.1, 0.15) is 5.69 Å². The molecule has 0 aliphatic rings. The molecule has 3 N–H and O–H groups in total. The van der Waals surface area contributed by atoms with Crippen molar-refractivity contribution in [1.29, 1.82) is 0 Å². The molecular weight excluding hydrogens is 164 g/mol. The summed E-state index contributed by atoms with van der Waals surface area (Å²) >= 11 is 0. The quantitative estimate of drug-likeness (QED) is 0.656. The van der Waals surface area contributed by atoms with E-state index in [1.807, 2.05) is 25.4 Å². The molecule has 0 aliphatic carbocycles. The number of nitrogens with zero attached hydrogens (tertiary/aromatic N) is 1. The topological polar surface area (TPSA) is 56.5 Å². The van der Waals surface area contributed by atoms with Crippen molar-refractivity contribution in [3.63, 3.8) is 0 Å². The van der Waals surface area contributed by atoms with Crippen molar-refractivity contribution in [3.05, 3.63) is 30.4 Å². The van der Waals surface area contributed by atoms with Crippen LogP contribution >= 0.6 is 0 Å². The van der Waals surface area contributed by atoms with Crippen LogP contribution in [0.25, 0.3) is 11.4 Å². The van der Waals surface area contributed by atoms with Crippen molar-refractivity contribution in [2.45, 2.75) is 6.54 Å². The van der Waals surface area contributed by atoms with Gasteiger partial charge >= 0.3 is 0 Å². The smallest absolute Gasteiger partial charge is 0.109 e. The number of imidazole rings is 1. The molecule has 0 spiro atoms. The molecule has 2 aromatic heterocycles. The maximum Gasteiger partial charge on any atom is 0.109 e. The highest BCUT2D eigenvalue weighted by molar-refractivity contribution is 5.57. The van der Waals surface area contributed by atoms with E-state index in [2.05, 4.69) is 20.3 Å². The summed E-state index contributed by atoms with van der Waals surface area (Å²) in [5.41, 5.74) is 3.14. The van der Waals surface area contributed by atoms with Crippen LogP contribution < -0.4 is 5.32 Å². The van der Waals surface area contributed by atoms with Gasteiger partial charge in [-0.2, -0.15) is 0 Å². The van der Waals surface area contributed by atoms with Crippen LogP contribution in [-0.2, 0) is 6.54 Å². The van der Waals surface area contributed by atoms with E-state index < -0.39 is 0 Å². The Morgan fingerprint density at radius 1 is 1.46 bits per heavy atom. The molecule has 68 valence electrons. The second-order valence-corrected chi connectivity index (χ2v) is 2.84. The fourth-order valence-electron chi connectivity index (χ4n) is 1.34. The third-order valence-corrected chi connectivity index (χ3v) is 1.92. The maximum atomic E-state index is 4.25. The first kappa shape index (κ1) is 8.07. The Balaban J connectivity index is 2.35. The summed E-state index contributed by atoms with van der Waals surface area (Å²) in [5.74, 6) is 0. The summed E-state index contributed by atoms with van der Waals surface area (Å²) in [5, 5.41) is 3.09. The van der Waals surface area contributed by atoms with Crippen LogP contribution in [0, 0.1) is 0 Å². The zero-order valence-corrected chi connectivity index (χ0v) is 7.46. The molecule has 2 rings (SSSR count). The summed E-state index contributed by atoms with van der Waals surface area (Å²) in [6.45, 7) is 0.800. The average Bonchev–Trinajstić information content (AvgIpc) is 2.71. The third-order valence-electron chi connectivity index (χ3n) is 1.92. The van der Waals surface area contributed by atoms with Crippen molar-refractivity contribution in [3.8, 4) is 11.4 Å². The molecule has 0 saturated heterocycles. The first-order valence-electron chi connectivity index (χ1n) is 4.22. The highest BCUT2D eigenvalue weighted by Gasteiger charge is 2.06. The van der Waals surface area contributed by atoms with E-state index in [-0.39, 0.29) is 0 Å². The number of hydrogen-bond acceptors (Lipinski definition) is 2. The van der Waals surface area contributed by atoms with Crippen molar-refractivity contribution in [2.75, 3.05) is 7.05 Å². The van der Waals surface area contributed by atoms with E-state index >= 15 is 0 Å². The molecule has 2 heterocycles. The van der Waals surface area contributed by atoms with Gasteiger partial charge in [-0.05, 0) is 19.2 Å². The lowest BCUT2D eigenvalue weighted by atomic mass is 10.2. The molecule has 0 radical (unpaired) electrons. The number of aromatic nitrogens is 3. The highest BCUT2D eigenvalue weighted by Crippen LogP contribution is 2.17. The van der Waals surface area contributed by atoms with E-state index in [1.54, 1.807) is 6.33 Å². The minimum Gasteiger partial charge on any atom is -0.360 e. The van der Waals surface area contributed by atoms with Gasteiger partial charge in [0, 0.05) is 12.7 Å². The monoisotopic (exact) mass is 176 g/mol. The van der Waals surface area contributed by atoms with Crippen LogP contribution in [0.15, 0.2) is 24.7 Å². The minimum absolute atomic E-state index is 0.800. The van der Waals surface area contributed by atoms with Gasteiger partial charge in [-0.1, -0.05) is 0 Å². The van der Waals surface area contributed by atoms with Gasteiger partial charge in [-0.15, -0.1) is 0 Å². The third kappa shape index (κ3) is 1.48. The maximum absolute atomic E-state index is 4.25. The van der Waals surface area contributed by atoms with E-state index in [1.165, 1.54) is 0 Å². The molecule has 0 fully saturated rings. The molecule has 0 aromatic carbocycles. The van der Waals surface area contributed by atoms with Gasteiger partial charge in [0.2, 0.25) is 0 Å². The normalized spacial score (nSPS) is 10.5. The lowest BCUT2D eigenvalue weighted by Gasteiger charge is -1.98. The summed E-state index contributed by atoms with van der Waals surface area (Å²) in [4.78, 5) is 10.5. The first-order valence-corrected chi connectivity index (χ1v) is 4.22. The molecule has 0 aliphatic heterocycles. The highest BCUT2D eigenvalue weighted by atomic mass is 14.9. The number of H-pyrrole nitrogens is 2. The Morgan fingerprint density at radius 3 is 3.08 bits per heavy atom. The zero-order valence-electron chi connectivity index (χ0n) is 7.46. The number of aromatic amines is 2. The van der Waals surface area contributed by atoms with Gasteiger partial charge in [-0.3, -0.25) is 0 Å². The fourth-order valence-corrected chi connectivity index (χ4v) is 1.34. The summed E-state index contributed by atoms with van der Waals surface area (Å²) < 4.78 is 0.